The number of rotatable bonds is 6. The Morgan fingerprint density at radius 1 is 0.737 bits per heavy atom. The Hall–Kier alpha value is -3.46. The molecule has 200 valence electrons. The van der Waals surface area contributed by atoms with Gasteiger partial charge < -0.3 is 9.80 Å². The monoisotopic (exact) mass is 529 g/mol. The van der Waals surface area contributed by atoms with Crippen LogP contribution in [0.3, 0.4) is 0 Å². The lowest BCUT2D eigenvalue weighted by atomic mass is 9.73. The summed E-state index contributed by atoms with van der Waals surface area (Å²) in [5.74, 6) is -0.887. The van der Waals surface area contributed by atoms with Crippen LogP contribution in [0.15, 0.2) is 72.8 Å². The summed E-state index contributed by atoms with van der Waals surface area (Å²) >= 11 is 0. The van der Waals surface area contributed by atoms with Crippen LogP contribution in [0.2, 0.25) is 0 Å². The maximum absolute atomic E-state index is 13.8. The first-order valence-electron chi connectivity index (χ1n) is 12.6. The van der Waals surface area contributed by atoms with Crippen LogP contribution in [0.4, 0.5) is 27.6 Å². The van der Waals surface area contributed by atoms with Gasteiger partial charge in [0.15, 0.2) is 0 Å². The van der Waals surface area contributed by atoms with E-state index in [2.05, 4.69) is 4.90 Å². The summed E-state index contributed by atoms with van der Waals surface area (Å²) in [4.78, 5) is 19.8. The number of piperazine rings is 1. The number of carbonyl (C=O) groups is 1. The standard InChI is InChI=1S/C29H28F5N3O/c30-24-8-4-21(5-9-24)28(22-6-10-25(31)11-7-22)12-13-37(27(28)38)19-16-35-14-17-36(18-15-35)26-3-1-2-23(20-26)29(32,33)34/h1-11,20H,12-19H2. The number of hydrogen-bond acceptors (Lipinski definition) is 3. The first kappa shape index (κ1) is 26.2. The number of amides is 1. The van der Waals surface area contributed by atoms with Crippen LogP contribution in [0, 0.1) is 11.6 Å². The van der Waals surface area contributed by atoms with Crippen molar-refractivity contribution in [2.24, 2.45) is 0 Å². The summed E-state index contributed by atoms with van der Waals surface area (Å²) in [5.41, 5.74) is 0.234. The molecule has 38 heavy (non-hydrogen) atoms. The van der Waals surface area contributed by atoms with Crippen molar-refractivity contribution < 1.29 is 26.7 Å². The molecule has 0 N–H and O–H groups in total. The maximum atomic E-state index is 13.8. The Labute approximate surface area is 218 Å². The molecule has 9 heteroatoms. The van der Waals surface area contributed by atoms with Gasteiger partial charge in [0.2, 0.25) is 5.91 Å². The fourth-order valence-electron chi connectivity index (χ4n) is 5.54. The molecule has 2 heterocycles. The van der Waals surface area contributed by atoms with Gasteiger partial charge in [-0.15, -0.1) is 0 Å². The average molecular weight is 530 g/mol. The molecule has 4 nitrogen and oxygen atoms in total. The van der Waals surface area contributed by atoms with E-state index in [0.717, 1.165) is 6.07 Å². The zero-order chi connectivity index (χ0) is 26.9. The molecule has 5 rings (SSSR count). The van der Waals surface area contributed by atoms with E-state index in [1.165, 1.54) is 36.4 Å². The van der Waals surface area contributed by atoms with Crippen molar-refractivity contribution >= 4 is 11.6 Å². The van der Waals surface area contributed by atoms with Crippen molar-refractivity contribution in [3.8, 4) is 0 Å². The van der Waals surface area contributed by atoms with E-state index in [1.807, 2.05) is 4.90 Å². The molecule has 0 spiro atoms. The number of alkyl halides is 3. The molecule has 0 atom stereocenters. The predicted octanol–water partition coefficient (Wildman–Crippen LogP) is 5.32. The number of hydrogen-bond donors (Lipinski definition) is 0. The van der Waals surface area contributed by atoms with Gasteiger partial charge in [-0.25, -0.2) is 8.78 Å². The van der Waals surface area contributed by atoms with Crippen LogP contribution in [0.1, 0.15) is 23.1 Å². The molecular formula is C29H28F5N3O. The van der Waals surface area contributed by atoms with Crippen molar-refractivity contribution in [2.75, 3.05) is 50.7 Å². The number of anilines is 1. The van der Waals surface area contributed by atoms with Gasteiger partial charge in [-0.3, -0.25) is 9.69 Å². The van der Waals surface area contributed by atoms with Gasteiger partial charge in [0.05, 0.1) is 5.56 Å². The Bertz CT molecular complexity index is 1220. The van der Waals surface area contributed by atoms with Gasteiger partial charge in [-0.1, -0.05) is 30.3 Å². The second-order valence-corrected chi connectivity index (χ2v) is 9.84. The van der Waals surface area contributed by atoms with Crippen LogP contribution < -0.4 is 4.90 Å². The molecule has 0 saturated carbocycles. The van der Waals surface area contributed by atoms with Crippen LogP contribution in [0.5, 0.6) is 0 Å². The smallest absolute Gasteiger partial charge is 0.369 e. The van der Waals surface area contributed by atoms with E-state index in [4.69, 9.17) is 0 Å². The fourth-order valence-corrected chi connectivity index (χ4v) is 5.54. The van der Waals surface area contributed by atoms with Crippen molar-refractivity contribution in [3.05, 3.63) is 101 Å². The normalized spacial score (nSPS) is 18.3. The lowest BCUT2D eigenvalue weighted by molar-refractivity contribution is -0.137. The lowest BCUT2D eigenvalue weighted by Crippen LogP contribution is -2.49. The summed E-state index contributed by atoms with van der Waals surface area (Å²) in [7, 11) is 0. The number of benzene rings is 3. The average Bonchev–Trinajstić information content (AvgIpc) is 3.25. The summed E-state index contributed by atoms with van der Waals surface area (Å²) in [6, 6.07) is 17.2. The topological polar surface area (TPSA) is 26.8 Å². The molecule has 2 aliphatic rings. The van der Waals surface area contributed by atoms with Crippen LogP contribution in [-0.4, -0.2) is 61.5 Å². The highest BCUT2D eigenvalue weighted by molar-refractivity contribution is 5.94. The largest absolute Gasteiger partial charge is 0.416 e. The Morgan fingerprint density at radius 2 is 1.32 bits per heavy atom. The van der Waals surface area contributed by atoms with Gasteiger partial charge >= 0.3 is 6.18 Å². The van der Waals surface area contributed by atoms with E-state index < -0.39 is 28.8 Å². The van der Waals surface area contributed by atoms with Crippen LogP contribution in [-0.2, 0) is 16.4 Å². The highest BCUT2D eigenvalue weighted by Gasteiger charge is 2.49. The molecular weight excluding hydrogens is 501 g/mol. The second-order valence-electron chi connectivity index (χ2n) is 9.84. The van der Waals surface area contributed by atoms with Gasteiger partial charge in [-0.2, -0.15) is 13.2 Å². The number of halogens is 5. The molecule has 0 unspecified atom stereocenters. The summed E-state index contributed by atoms with van der Waals surface area (Å²) < 4.78 is 66.6. The van der Waals surface area contributed by atoms with E-state index in [1.54, 1.807) is 35.2 Å². The number of likely N-dealkylation sites (tertiary alicyclic amines) is 1. The highest BCUT2D eigenvalue weighted by Crippen LogP contribution is 2.42. The molecule has 3 aromatic carbocycles. The Kier molecular flexibility index (Phi) is 7.13. The molecule has 3 aromatic rings. The molecule has 0 bridgehead atoms. The number of carbonyl (C=O) groups excluding carboxylic acids is 1. The second kappa shape index (κ2) is 10.4. The van der Waals surface area contributed by atoms with Gasteiger partial charge in [0.25, 0.3) is 0 Å². The maximum Gasteiger partial charge on any atom is 0.416 e. The first-order chi connectivity index (χ1) is 18.2. The Balaban J connectivity index is 1.24. The molecule has 0 radical (unpaired) electrons. The molecule has 2 fully saturated rings. The van der Waals surface area contributed by atoms with E-state index in [0.29, 0.717) is 69.0 Å². The third kappa shape index (κ3) is 5.12. The minimum atomic E-state index is -4.38. The van der Waals surface area contributed by atoms with Crippen LogP contribution >= 0.6 is 0 Å². The third-order valence-corrected chi connectivity index (χ3v) is 7.68. The molecule has 2 saturated heterocycles. The first-order valence-corrected chi connectivity index (χ1v) is 12.6. The Morgan fingerprint density at radius 3 is 1.87 bits per heavy atom. The van der Waals surface area contributed by atoms with Gasteiger partial charge in [0, 0.05) is 51.5 Å². The molecule has 0 aliphatic carbocycles. The minimum Gasteiger partial charge on any atom is -0.369 e. The summed E-state index contributed by atoms with van der Waals surface area (Å²) in [5, 5.41) is 0. The highest BCUT2D eigenvalue weighted by atomic mass is 19.4. The third-order valence-electron chi connectivity index (χ3n) is 7.68. The summed E-state index contributed by atoms with van der Waals surface area (Å²) in [6.07, 6.45) is -3.89. The minimum absolute atomic E-state index is 0.0988. The van der Waals surface area contributed by atoms with E-state index in [-0.39, 0.29) is 5.91 Å². The van der Waals surface area contributed by atoms with E-state index >= 15 is 0 Å². The zero-order valence-corrected chi connectivity index (χ0v) is 20.7. The predicted molar refractivity (Wildman–Crippen MR) is 135 cm³/mol. The van der Waals surface area contributed by atoms with Crippen molar-refractivity contribution in [1.29, 1.82) is 0 Å². The van der Waals surface area contributed by atoms with Crippen molar-refractivity contribution in [1.82, 2.24) is 9.80 Å². The zero-order valence-electron chi connectivity index (χ0n) is 20.7. The van der Waals surface area contributed by atoms with Crippen molar-refractivity contribution in [3.63, 3.8) is 0 Å². The van der Waals surface area contributed by atoms with Gasteiger partial charge in [-0.05, 0) is 60.0 Å². The molecule has 1 amide bonds. The fraction of sp³-hybridized carbons (Fsp3) is 0.345. The SMILES string of the molecule is O=C1N(CCN2CCN(c3cccc(C(F)(F)F)c3)CC2)CCC1(c1ccc(F)cc1)c1ccc(F)cc1. The van der Waals surface area contributed by atoms with Crippen LogP contribution in [0.25, 0.3) is 0 Å². The molecule has 2 aliphatic heterocycles. The summed E-state index contributed by atoms with van der Waals surface area (Å²) in [6.45, 7) is 4.14. The lowest BCUT2D eigenvalue weighted by Gasteiger charge is -2.37. The van der Waals surface area contributed by atoms with Gasteiger partial charge in [0.1, 0.15) is 17.0 Å². The van der Waals surface area contributed by atoms with Crippen molar-refractivity contribution in [2.45, 2.75) is 18.0 Å². The number of nitrogens with zero attached hydrogens (tertiary/aromatic N) is 3. The molecule has 0 aromatic heterocycles. The quantitative estimate of drug-likeness (QED) is 0.405. The van der Waals surface area contributed by atoms with E-state index in [9.17, 15) is 26.7 Å².